The Kier molecular flexibility index (Phi) is 4.42. The smallest absolute Gasteiger partial charge is 0.0726 e. The van der Waals surface area contributed by atoms with Gasteiger partial charge in [-0.05, 0) is 61.8 Å². The Morgan fingerprint density at radius 3 is 2.86 bits per heavy atom. The van der Waals surface area contributed by atoms with Gasteiger partial charge in [0.2, 0.25) is 0 Å². The zero-order valence-electron chi connectivity index (χ0n) is 13.3. The van der Waals surface area contributed by atoms with Gasteiger partial charge in [-0.15, -0.1) is 0 Å². The van der Waals surface area contributed by atoms with Crippen LogP contribution >= 0.6 is 0 Å². The number of benzene rings is 1. The summed E-state index contributed by atoms with van der Waals surface area (Å²) in [4.78, 5) is 4.91. The normalized spacial score (nSPS) is 13.6. The molecule has 21 heavy (non-hydrogen) atoms. The van der Waals surface area contributed by atoms with Gasteiger partial charge in [-0.25, -0.2) is 0 Å². The summed E-state index contributed by atoms with van der Waals surface area (Å²) in [5.41, 5.74) is 6.77. The van der Waals surface area contributed by atoms with E-state index in [1.165, 1.54) is 60.0 Å². The van der Waals surface area contributed by atoms with Crippen molar-refractivity contribution in [3.63, 3.8) is 0 Å². The number of hydrogen-bond acceptors (Lipinski definition) is 2. The van der Waals surface area contributed by atoms with Crippen LogP contribution in [-0.4, -0.2) is 11.5 Å². The number of hydrogen-bond donors (Lipinski definition) is 1. The van der Waals surface area contributed by atoms with E-state index < -0.39 is 0 Å². The second-order valence-electron chi connectivity index (χ2n) is 6.15. The monoisotopic (exact) mass is 282 g/mol. The van der Waals surface area contributed by atoms with Crippen LogP contribution in [0.4, 0.5) is 5.69 Å². The Morgan fingerprint density at radius 2 is 2.05 bits per heavy atom. The van der Waals surface area contributed by atoms with Gasteiger partial charge in [0.15, 0.2) is 0 Å². The molecule has 0 saturated carbocycles. The van der Waals surface area contributed by atoms with E-state index in [1.54, 1.807) is 0 Å². The van der Waals surface area contributed by atoms with Crippen LogP contribution in [0.1, 0.15) is 56.4 Å². The van der Waals surface area contributed by atoms with Gasteiger partial charge in [-0.2, -0.15) is 0 Å². The van der Waals surface area contributed by atoms with E-state index in [-0.39, 0.29) is 0 Å². The molecule has 1 heterocycles. The van der Waals surface area contributed by atoms with E-state index in [1.807, 2.05) is 0 Å². The first-order valence-electron chi connectivity index (χ1n) is 8.51. The standard InChI is InChI=1S/C19H26N2/c1-3-5-7-14-10-11-18-16(13-14)19(20-12-4-2)15-8-6-9-17(15)21-18/h10-11,13H,3-9,12H2,1-2H3,(H,20,21). The summed E-state index contributed by atoms with van der Waals surface area (Å²) in [6.45, 7) is 5.53. The molecule has 3 rings (SSSR count). The van der Waals surface area contributed by atoms with E-state index in [9.17, 15) is 0 Å². The third-order valence-electron chi connectivity index (χ3n) is 4.45. The molecule has 1 N–H and O–H groups in total. The number of unbranched alkanes of at least 4 members (excludes halogenated alkanes) is 1. The summed E-state index contributed by atoms with van der Waals surface area (Å²) in [7, 11) is 0. The minimum Gasteiger partial charge on any atom is -0.384 e. The van der Waals surface area contributed by atoms with Crippen molar-refractivity contribution in [1.82, 2.24) is 4.98 Å². The van der Waals surface area contributed by atoms with Crippen LogP contribution < -0.4 is 5.32 Å². The molecule has 1 aliphatic rings. The number of fused-ring (bicyclic) bond motifs is 2. The quantitative estimate of drug-likeness (QED) is 0.816. The molecule has 0 saturated heterocycles. The molecule has 0 aliphatic heterocycles. The molecule has 0 amide bonds. The van der Waals surface area contributed by atoms with E-state index in [4.69, 9.17) is 4.98 Å². The van der Waals surface area contributed by atoms with Crippen molar-refractivity contribution in [2.75, 3.05) is 11.9 Å². The number of pyridine rings is 1. The molecule has 0 unspecified atom stereocenters. The Hall–Kier alpha value is -1.57. The van der Waals surface area contributed by atoms with Crippen molar-refractivity contribution in [1.29, 1.82) is 0 Å². The highest BCUT2D eigenvalue weighted by molar-refractivity contribution is 5.94. The fourth-order valence-electron chi connectivity index (χ4n) is 3.30. The summed E-state index contributed by atoms with van der Waals surface area (Å²) in [6, 6.07) is 6.85. The molecule has 1 aliphatic carbocycles. The van der Waals surface area contributed by atoms with Crippen molar-refractivity contribution < 1.29 is 0 Å². The lowest BCUT2D eigenvalue weighted by molar-refractivity contribution is 0.796. The first-order chi connectivity index (χ1) is 10.3. The van der Waals surface area contributed by atoms with E-state index >= 15 is 0 Å². The average molecular weight is 282 g/mol. The number of nitrogens with zero attached hydrogens (tertiary/aromatic N) is 1. The molecule has 0 atom stereocenters. The second kappa shape index (κ2) is 6.46. The summed E-state index contributed by atoms with van der Waals surface area (Å²) in [5, 5.41) is 5.01. The number of rotatable bonds is 6. The van der Waals surface area contributed by atoms with Crippen molar-refractivity contribution in [2.45, 2.75) is 58.8 Å². The zero-order chi connectivity index (χ0) is 14.7. The lowest BCUT2D eigenvalue weighted by atomic mass is 10.0. The average Bonchev–Trinajstić information content (AvgIpc) is 2.97. The molecule has 1 aromatic carbocycles. The summed E-state index contributed by atoms with van der Waals surface area (Å²) in [6.07, 6.45) is 8.43. The molecule has 112 valence electrons. The first kappa shape index (κ1) is 14.4. The number of nitrogens with one attached hydrogen (secondary N) is 1. The maximum Gasteiger partial charge on any atom is 0.0726 e. The van der Waals surface area contributed by atoms with Crippen molar-refractivity contribution in [3.8, 4) is 0 Å². The molecule has 2 aromatic rings. The molecule has 0 radical (unpaired) electrons. The highest BCUT2D eigenvalue weighted by Crippen LogP contribution is 2.34. The molecular weight excluding hydrogens is 256 g/mol. The fourth-order valence-corrected chi connectivity index (χ4v) is 3.30. The number of anilines is 1. The van der Waals surface area contributed by atoms with Crippen LogP contribution in [0, 0.1) is 0 Å². The SMILES string of the molecule is CCCCc1ccc2nc3c(c(NCCC)c2c1)CCC3. The Bertz CT molecular complexity index is 631. The zero-order valence-corrected chi connectivity index (χ0v) is 13.3. The Morgan fingerprint density at radius 1 is 1.14 bits per heavy atom. The van der Waals surface area contributed by atoms with E-state index in [0.29, 0.717) is 0 Å². The van der Waals surface area contributed by atoms with Crippen LogP contribution in [-0.2, 0) is 19.3 Å². The molecular formula is C19H26N2. The summed E-state index contributed by atoms with van der Waals surface area (Å²) >= 11 is 0. The minimum atomic E-state index is 1.05. The molecule has 2 heteroatoms. The lowest BCUT2D eigenvalue weighted by Crippen LogP contribution is -2.05. The van der Waals surface area contributed by atoms with Gasteiger partial charge in [-0.3, -0.25) is 4.98 Å². The number of aromatic nitrogens is 1. The maximum absolute atomic E-state index is 4.91. The Labute approximate surface area is 128 Å². The van der Waals surface area contributed by atoms with Gasteiger partial charge in [0.1, 0.15) is 0 Å². The highest BCUT2D eigenvalue weighted by Gasteiger charge is 2.19. The maximum atomic E-state index is 4.91. The van der Waals surface area contributed by atoms with Crippen LogP contribution in [0.2, 0.25) is 0 Å². The highest BCUT2D eigenvalue weighted by atomic mass is 14.9. The molecule has 1 aromatic heterocycles. The molecule has 0 spiro atoms. The predicted molar refractivity (Wildman–Crippen MR) is 91.2 cm³/mol. The first-order valence-corrected chi connectivity index (χ1v) is 8.51. The number of aryl methyl sites for hydroxylation is 2. The largest absolute Gasteiger partial charge is 0.384 e. The molecule has 0 bridgehead atoms. The lowest BCUT2D eigenvalue weighted by Gasteiger charge is -2.15. The summed E-state index contributed by atoms with van der Waals surface area (Å²) in [5.74, 6) is 0. The third-order valence-corrected chi connectivity index (χ3v) is 4.45. The van der Waals surface area contributed by atoms with Crippen LogP contribution in [0.3, 0.4) is 0 Å². The molecule has 0 fully saturated rings. The van der Waals surface area contributed by atoms with Crippen LogP contribution in [0.25, 0.3) is 10.9 Å². The summed E-state index contributed by atoms with van der Waals surface area (Å²) < 4.78 is 0. The van der Waals surface area contributed by atoms with E-state index in [2.05, 4.69) is 37.4 Å². The van der Waals surface area contributed by atoms with Gasteiger partial charge in [0.05, 0.1) is 5.52 Å². The fraction of sp³-hybridized carbons (Fsp3) is 0.526. The van der Waals surface area contributed by atoms with Gasteiger partial charge < -0.3 is 5.32 Å². The van der Waals surface area contributed by atoms with Gasteiger partial charge in [-0.1, -0.05) is 26.3 Å². The van der Waals surface area contributed by atoms with Gasteiger partial charge in [0, 0.05) is 23.3 Å². The van der Waals surface area contributed by atoms with Crippen molar-refractivity contribution in [3.05, 3.63) is 35.0 Å². The van der Waals surface area contributed by atoms with Crippen molar-refractivity contribution in [2.24, 2.45) is 0 Å². The predicted octanol–water partition coefficient (Wildman–Crippen LogP) is 4.89. The van der Waals surface area contributed by atoms with Crippen LogP contribution in [0.5, 0.6) is 0 Å². The van der Waals surface area contributed by atoms with Crippen molar-refractivity contribution >= 4 is 16.6 Å². The van der Waals surface area contributed by atoms with Gasteiger partial charge in [0.25, 0.3) is 0 Å². The third kappa shape index (κ3) is 2.90. The minimum absolute atomic E-state index is 1.05. The molecule has 2 nitrogen and oxygen atoms in total. The van der Waals surface area contributed by atoms with Crippen LogP contribution in [0.15, 0.2) is 18.2 Å². The van der Waals surface area contributed by atoms with E-state index in [0.717, 1.165) is 24.9 Å². The Balaban J connectivity index is 2.07. The topological polar surface area (TPSA) is 24.9 Å². The second-order valence-corrected chi connectivity index (χ2v) is 6.15. The van der Waals surface area contributed by atoms with Gasteiger partial charge >= 0.3 is 0 Å².